The van der Waals surface area contributed by atoms with Gasteiger partial charge in [-0.25, -0.2) is 19.2 Å². The van der Waals surface area contributed by atoms with Crippen LogP contribution in [0.3, 0.4) is 0 Å². The lowest BCUT2D eigenvalue weighted by Gasteiger charge is -2.29. The van der Waals surface area contributed by atoms with E-state index in [2.05, 4.69) is 21.3 Å². The number of unbranched alkanes of at least 4 members (excludes halogenated alkanes) is 5. The summed E-state index contributed by atoms with van der Waals surface area (Å²) in [5, 5.41) is 9.49. The first-order chi connectivity index (χ1) is 21.1. The van der Waals surface area contributed by atoms with Gasteiger partial charge < -0.3 is 20.1 Å². The van der Waals surface area contributed by atoms with Crippen LogP contribution in [0.25, 0.3) is 0 Å². The van der Waals surface area contributed by atoms with Crippen molar-refractivity contribution in [2.45, 2.75) is 78.1 Å². The van der Waals surface area contributed by atoms with Gasteiger partial charge in [-0.05, 0) is 25.7 Å². The molecular formula is C28H44N6O10. The summed E-state index contributed by atoms with van der Waals surface area (Å²) in [7, 11) is 0. The molecule has 16 heteroatoms. The zero-order valence-electron chi connectivity index (χ0n) is 25.4. The van der Waals surface area contributed by atoms with Crippen molar-refractivity contribution in [1.82, 2.24) is 31.1 Å². The van der Waals surface area contributed by atoms with E-state index in [4.69, 9.17) is 9.47 Å². The van der Waals surface area contributed by atoms with Gasteiger partial charge in [0.1, 0.15) is 25.0 Å². The molecule has 0 aliphatic carbocycles. The highest BCUT2D eigenvalue weighted by Gasteiger charge is 2.40. The summed E-state index contributed by atoms with van der Waals surface area (Å²) >= 11 is 0. The Kier molecular flexibility index (Phi) is 15.6. The van der Waals surface area contributed by atoms with Crippen molar-refractivity contribution in [3.63, 3.8) is 0 Å². The summed E-state index contributed by atoms with van der Waals surface area (Å²) in [4.78, 5) is 98.4. The molecule has 2 rings (SSSR count). The van der Waals surface area contributed by atoms with Crippen molar-refractivity contribution in [3.05, 3.63) is 0 Å². The molecule has 44 heavy (non-hydrogen) atoms. The van der Waals surface area contributed by atoms with E-state index in [1.54, 1.807) is 0 Å². The molecule has 16 nitrogen and oxygen atoms in total. The van der Waals surface area contributed by atoms with E-state index in [0.29, 0.717) is 51.6 Å². The van der Waals surface area contributed by atoms with E-state index in [0.717, 1.165) is 35.5 Å². The van der Waals surface area contributed by atoms with Gasteiger partial charge in [0.25, 0.3) is 0 Å². The predicted molar refractivity (Wildman–Crippen MR) is 154 cm³/mol. The number of amides is 10. The molecule has 0 aromatic carbocycles. The molecule has 10 amide bonds. The number of imide groups is 4. The van der Waals surface area contributed by atoms with Gasteiger partial charge in [0.15, 0.2) is 0 Å². The maximum absolute atomic E-state index is 12.5. The minimum absolute atomic E-state index is 0.157. The lowest BCUT2D eigenvalue weighted by Crippen LogP contribution is -2.58. The third kappa shape index (κ3) is 11.4. The molecule has 4 N–H and O–H groups in total. The van der Waals surface area contributed by atoms with Crippen LogP contribution in [0, 0.1) is 11.8 Å². The lowest BCUT2D eigenvalue weighted by atomic mass is 9.98. The fourth-order valence-corrected chi connectivity index (χ4v) is 4.62. The fraction of sp³-hybridized carbons (Fsp3) is 0.714. The average molecular weight is 625 g/mol. The molecule has 2 fully saturated rings. The number of ether oxygens (including phenoxy) is 2. The first kappa shape index (κ1) is 36.0. The summed E-state index contributed by atoms with van der Waals surface area (Å²) in [6, 6.07) is -1.64. The Morgan fingerprint density at radius 2 is 1.02 bits per heavy atom. The molecule has 0 spiro atoms. The van der Waals surface area contributed by atoms with E-state index < -0.39 is 59.7 Å². The van der Waals surface area contributed by atoms with Crippen molar-refractivity contribution in [3.8, 4) is 0 Å². The average Bonchev–Trinajstić information content (AvgIpc) is 2.97. The Balaban J connectivity index is 1.50. The molecule has 2 unspecified atom stereocenters. The first-order valence-corrected chi connectivity index (χ1v) is 15.2. The van der Waals surface area contributed by atoms with Gasteiger partial charge in [0.05, 0.1) is 13.1 Å². The Hall–Kier alpha value is -4.24. The number of carbonyl (C=O) groups is 8. The largest absolute Gasteiger partial charge is 0.448 e. The molecule has 246 valence electrons. The number of barbiturate groups is 2. The molecule has 0 radical (unpaired) electrons. The summed E-state index contributed by atoms with van der Waals surface area (Å²) in [6.45, 7) is 3.83. The van der Waals surface area contributed by atoms with Gasteiger partial charge in [-0.2, -0.15) is 0 Å². The van der Waals surface area contributed by atoms with Gasteiger partial charge in [0, 0.05) is 13.1 Å². The van der Waals surface area contributed by atoms with Crippen LogP contribution in [-0.4, -0.2) is 97.1 Å². The number of hydrogen-bond donors (Lipinski definition) is 4. The fourth-order valence-electron chi connectivity index (χ4n) is 4.62. The third-order valence-corrected chi connectivity index (χ3v) is 7.14. The van der Waals surface area contributed by atoms with Crippen LogP contribution in [0.4, 0.5) is 19.2 Å². The minimum atomic E-state index is -0.916. The number of carbonyl (C=O) groups excluding carboxylic acids is 8. The zero-order valence-corrected chi connectivity index (χ0v) is 25.4. The van der Waals surface area contributed by atoms with Crippen LogP contribution >= 0.6 is 0 Å². The molecule has 0 bridgehead atoms. The molecule has 0 aromatic heterocycles. The van der Waals surface area contributed by atoms with Crippen LogP contribution < -0.4 is 21.3 Å². The Bertz CT molecular complexity index is 986. The smallest absolute Gasteiger partial charge is 0.407 e. The second-order valence-corrected chi connectivity index (χ2v) is 10.5. The van der Waals surface area contributed by atoms with Crippen LogP contribution in [0.2, 0.25) is 0 Å². The Morgan fingerprint density at radius 1 is 0.636 bits per heavy atom. The molecule has 2 aliphatic rings. The maximum Gasteiger partial charge on any atom is 0.407 e. The summed E-state index contributed by atoms with van der Waals surface area (Å²) in [6.07, 6.45) is 5.09. The second-order valence-electron chi connectivity index (χ2n) is 10.5. The summed E-state index contributed by atoms with van der Waals surface area (Å²) in [5.41, 5.74) is 0. The van der Waals surface area contributed by atoms with E-state index in [-0.39, 0.29) is 26.3 Å². The van der Waals surface area contributed by atoms with Crippen LogP contribution in [0.15, 0.2) is 0 Å². The van der Waals surface area contributed by atoms with E-state index in [9.17, 15) is 38.4 Å². The van der Waals surface area contributed by atoms with Gasteiger partial charge in [-0.15, -0.1) is 0 Å². The SMILES string of the molecule is CCCCC1C(=O)NC(=O)N(CCOC(=O)NCCCCCCNC(=O)OCCN2C(=O)NC(=O)C(CCCC)C2=O)C1=O. The van der Waals surface area contributed by atoms with Gasteiger partial charge in [-0.3, -0.25) is 39.6 Å². The quantitative estimate of drug-likeness (QED) is 0.121. The second kappa shape index (κ2) is 19.1. The molecule has 2 atom stereocenters. The topological polar surface area (TPSA) is 210 Å². The summed E-state index contributed by atoms with van der Waals surface area (Å²) in [5.74, 6) is -4.21. The first-order valence-electron chi connectivity index (χ1n) is 15.2. The number of rotatable bonds is 19. The van der Waals surface area contributed by atoms with Crippen LogP contribution in [-0.2, 0) is 28.7 Å². The van der Waals surface area contributed by atoms with Crippen molar-refractivity contribution >= 4 is 47.9 Å². The minimum Gasteiger partial charge on any atom is -0.448 e. The number of nitrogens with one attached hydrogen (secondary N) is 4. The van der Waals surface area contributed by atoms with Gasteiger partial charge in [0.2, 0.25) is 23.6 Å². The van der Waals surface area contributed by atoms with E-state index >= 15 is 0 Å². The highest BCUT2D eigenvalue weighted by atomic mass is 16.6. The van der Waals surface area contributed by atoms with Crippen molar-refractivity contribution in [1.29, 1.82) is 0 Å². The molecule has 0 saturated carbocycles. The van der Waals surface area contributed by atoms with Crippen molar-refractivity contribution in [2.75, 3.05) is 39.4 Å². The normalized spacial score (nSPS) is 18.6. The monoisotopic (exact) mass is 624 g/mol. The van der Waals surface area contributed by atoms with E-state index in [1.165, 1.54) is 0 Å². The molecule has 0 aromatic rings. The van der Waals surface area contributed by atoms with E-state index in [1.807, 2.05) is 13.8 Å². The number of hydrogen-bond acceptors (Lipinski definition) is 10. The maximum atomic E-state index is 12.5. The summed E-state index contributed by atoms with van der Waals surface area (Å²) < 4.78 is 10.1. The molecule has 2 aliphatic heterocycles. The zero-order chi connectivity index (χ0) is 32.5. The highest BCUT2D eigenvalue weighted by Crippen LogP contribution is 2.18. The van der Waals surface area contributed by atoms with Crippen molar-refractivity contribution < 1.29 is 47.8 Å². The number of nitrogens with zero attached hydrogens (tertiary/aromatic N) is 2. The highest BCUT2D eigenvalue weighted by molar-refractivity contribution is 6.16. The predicted octanol–water partition coefficient (Wildman–Crippen LogP) is 1.77. The Labute approximate surface area is 256 Å². The third-order valence-electron chi connectivity index (χ3n) is 7.14. The van der Waals surface area contributed by atoms with Crippen molar-refractivity contribution in [2.24, 2.45) is 11.8 Å². The van der Waals surface area contributed by atoms with Gasteiger partial charge in [-0.1, -0.05) is 52.4 Å². The van der Waals surface area contributed by atoms with Crippen LogP contribution in [0.5, 0.6) is 0 Å². The molecular weight excluding hydrogens is 580 g/mol. The molecule has 2 heterocycles. The lowest BCUT2D eigenvalue weighted by molar-refractivity contribution is -0.144. The number of urea groups is 2. The number of alkyl carbamates (subject to hydrolysis) is 2. The van der Waals surface area contributed by atoms with Gasteiger partial charge >= 0.3 is 24.2 Å². The standard InChI is InChI=1S/C28H44N6O10/c1-3-5-11-19-21(35)31-25(39)33(23(19)37)15-17-43-27(41)29-13-9-7-8-10-14-30-28(42)44-18-16-34-24(38)20(12-6-4-2)22(36)32-26(34)40/h19-20H,3-18H2,1-2H3,(H,29,41)(H,30,42)(H,31,35,39)(H,32,36,40). The Morgan fingerprint density at radius 3 is 1.39 bits per heavy atom. The molecule has 2 saturated heterocycles. The van der Waals surface area contributed by atoms with Crippen LogP contribution in [0.1, 0.15) is 78.1 Å².